The quantitative estimate of drug-likeness (QED) is 0.797. The number of nitrogens with one attached hydrogen (secondary N) is 1. The van der Waals surface area contributed by atoms with E-state index in [0.717, 1.165) is 11.3 Å². The Balaban J connectivity index is 1.61. The van der Waals surface area contributed by atoms with Gasteiger partial charge in [0, 0.05) is 44.4 Å². The van der Waals surface area contributed by atoms with E-state index in [-0.39, 0.29) is 23.8 Å². The van der Waals surface area contributed by atoms with Gasteiger partial charge in [0.1, 0.15) is 11.5 Å². The first-order valence-corrected chi connectivity index (χ1v) is 9.67. The molecule has 1 aromatic heterocycles. The molecule has 9 heteroatoms. The van der Waals surface area contributed by atoms with Crippen LogP contribution in [0, 0.1) is 12.7 Å². The molecular weight excluding hydrogens is 375 g/mol. The van der Waals surface area contributed by atoms with Gasteiger partial charge in [-0.25, -0.2) is 14.2 Å². The van der Waals surface area contributed by atoms with Crippen molar-refractivity contribution >= 4 is 17.6 Å². The van der Waals surface area contributed by atoms with Gasteiger partial charge in [-0.15, -0.1) is 0 Å². The lowest BCUT2D eigenvalue weighted by Gasteiger charge is -2.33. The summed E-state index contributed by atoms with van der Waals surface area (Å²) < 4.78 is 15.3. The summed E-state index contributed by atoms with van der Waals surface area (Å²) in [6.07, 6.45) is 0.581. The van der Waals surface area contributed by atoms with E-state index in [0.29, 0.717) is 43.0 Å². The summed E-state index contributed by atoms with van der Waals surface area (Å²) in [7, 11) is 3.60. The summed E-state index contributed by atoms with van der Waals surface area (Å²) in [6, 6.07) is 4.14. The minimum absolute atomic E-state index is 0.0707. The van der Waals surface area contributed by atoms with Crippen LogP contribution in [0.3, 0.4) is 0 Å². The Hall–Kier alpha value is -2.94. The summed E-state index contributed by atoms with van der Waals surface area (Å²) >= 11 is 0. The van der Waals surface area contributed by atoms with Crippen LogP contribution in [-0.4, -0.2) is 63.3 Å². The van der Waals surface area contributed by atoms with Crippen molar-refractivity contribution in [2.24, 2.45) is 0 Å². The van der Waals surface area contributed by atoms with Crippen molar-refractivity contribution in [3.63, 3.8) is 0 Å². The number of carbonyl (C=O) groups is 2. The minimum Gasteiger partial charge on any atom is -0.317 e. The first-order chi connectivity index (χ1) is 13.8. The predicted octanol–water partition coefficient (Wildman–Crippen LogP) is 2.24. The van der Waals surface area contributed by atoms with E-state index in [2.05, 4.69) is 10.4 Å². The highest BCUT2D eigenvalue weighted by atomic mass is 19.1. The van der Waals surface area contributed by atoms with Crippen molar-refractivity contribution in [3.8, 4) is 0 Å². The molecule has 0 bridgehead atoms. The van der Waals surface area contributed by atoms with Crippen molar-refractivity contribution in [3.05, 3.63) is 46.5 Å². The van der Waals surface area contributed by atoms with Gasteiger partial charge in [-0.05, 0) is 37.6 Å². The number of anilines is 1. The summed E-state index contributed by atoms with van der Waals surface area (Å²) in [5.74, 6) is -0.433. The van der Waals surface area contributed by atoms with Crippen LogP contribution in [-0.2, 0) is 19.5 Å². The van der Waals surface area contributed by atoms with Gasteiger partial charge in [-0.2, -0.15) is 5.10 Å². The SMILES string of the molecule is Cc1cc(NC(=O)N2Cc3c(nn4c3C(=O)N(C)N(C)CC4)CC2C)ccc1F. The fourth-order valence-corrected chi connectivity index (χ4v) is 3.88. The van der Waals surface area contributed by atoms with Gasteiger partial charge >= 0.3 is 6.03 Å². The third kappa shape index (κ3) is 3.35. The number of likely N-dealkylation sites (N-methyl/N-ethyl adjacent to an activating group) is 1. The molecule has 4 rings (SSSR count). The lowest BCUT2D eigenvalue weighted by molar-refractivity contribution is 0.0240. The number of fused-ring (bicyclic) bond motifs is 3. The van der Waals surface area contributed by atoms with E-state index in [1.807, 2.05) is 19.0 Å². The molecule has 1 atom stereocenters. The largest absolute Gasteiger partial charge is 0.322 e. The molecule has 2 aliphatic heterocycles. The number of aryl methyl sites for hydroxylation is 1. The van der Waals surface area contributed by atoms with Gasteiger partial charge in [0.25, 0.3) is 5.91 Å². The number of urea groups is 1. The third-order valence-electron chi connectivity index (χ3n) is 5.80. The first-order valence-electron chi connectivity index (χ1n) is 9.67. The molecule has 3 heterocycles. The summed E-state index contributed by atoms with van der Waals surface area (Å²) in [5.41, 5.74) is 3.24. The average molecular weight is 400 g/mol. The van der Waals surface area contributed by atoms with Crippen LogP contribution in [0.1, 0.15) is 34.2 Å². The molecule has 3 amide bonds. The number of nitrogens with zero attached hydrogens (tertiary/aromatic N) is 5. The second-order valence-electron chi connectivity index (χ2n) is 7.78. The molecule has 1 unspecified atom stereocenters. The number of halogens is 1. The maximum absolute atomic E-state index is 13.5. The van der Waals surface area contributed by atoms with Crippen molar-refractivity contribution in [1.29, 1.82) is 0 Å². The maximum Gasteiger partial charge on any atom is 0.322 e. The molecule has 0 aliphatic carbocycles. The standard InChI is InChI=1S/C20H25FN6O2/c1-12-9-14(5-6-16(12)21)22-20(29)26-11-15-17(10-13(26)2)23-27-8-7-24(3)25(4)19(28)18(15)27/h5-6,9,13H,7-8,10-11H2,1-4H3,(H,22,29). The highest BCUT2D eigenvalue weighted by Gasteiger charge is 2.36. The number of carbonyl (C=O) groups excluding carboxylic acids is 2. The van der Waals surface area contributed by atoms with Crippen molar-refractivity contribution in [1.82, 2.24) is 24.7 Å². The van der Waals surface area contributed by atoms with Crippen LogP contribution < -0.4 is 5.32 Å². The zero-order chi connectivity index (χ0) is 20.9. The van der Waals surface area contributed by atoms with Crippen LogP contribution in [0.15, 0.2) is 18.2 Å². The van der Waals surface area contributed by atoms with Crippen molar-refractivity contribution < 1.29 is 14.0 Å². The van der Waals surface area contributed by atoms with Crippen LogP contribution in [0.5, 0.6) is 0 Å². The minimum atomic E-state index is -0.311. The second kappa shape index (κ2) is 7.14. The van der Waals surface area contributed by atoms with Crippen LogP contribution >= 0.6 is 0 Å². The highest BCUT2D eigenvalue weighted by Crippen LogP contribution is 2.28. The molecule has 8 nitrogen and oxygen atoms in total. The predicted molar refractivity (Wildman–Crippen MR) is 106 cm³/mol. The number of hydrogen-bond acceptors (Lipinski definition) is 4. The van der Waals surface area contributed by atoms with Gasteiger partial charge < -0.3 is 10.2 Å². The maximum atomic E-state index is 13.5. The molecule has 0 saturated heterocycles. The second-order valence-corrected chi connectivity index (χ2v) is 7.78. The summed E-state index contributed by atoms with van der Waals surface area (Å²) in [6.45, 7) is 5.22. The Labute approximate surface area is 168 Å². The number of benzene rings is 1. The number of amides is 3. The van der Waals surface area contributed by atoms with Gasteiger partial charge in [-0.3, -0.25) is 14.5 Å². The molecule has 0 radical (unpaired) electrons. The molecular formula is C20H25FN6O2. The Kier molecular flexibility index (Phi) is 4.77. The van der Waals surface area contributed by atoms with E-state index >= 15 is 0 Å². The van der Waals surface area contributed by atoms with Crippen LogP contribution in [0.4, 0.5) is 14.9 Å². The molecule has 1 N–H and O–H groups in total. The Morgan fingerprint density at radius 1 is 1.28 bits per heavy atom. The smallest absolute Gasteiger partial charge is 0.317 e. The Morgan fingerprint density at radius 3 is 2.76 bits per heavy atom. The van der Waals surface area contributed by atoms with Crippen LogP contribution in [0.25, 0.3) is 0 Å². The molecule has 0 spiro atoms. The van der Waals surface area contributed by atoms with E-state index in [1.54, 1.807) is 40.7 Å². The molecule has 0 fully saturated rings. The molecule has 154 valence electrons. The number of rotatable bonds is 1. The number of aromatic nitrogens is 2. The summed E-state index contributed by atoms with van der Waals surface area (Å²) in [4.78, 5) is 27.6. The normalized spacial score (nSPS) is 19.6. The molecule has 2 aromatic rings. The van der Waals surface area contributed by atoms with Crippen molar-refractivity contribution in [2.45, 2.75) is 39.4 Å². The van der Waals surface area contributed by atoms with E-state index in [4.69, 9.17) is 0 Å². The molecule has 2 aliphatic rings. The average Bonchev–Trinajstić information content (AvgIpc) is 2.99. The molecule has 1 aromatic carbocycles. The van der Waals surface area contributed by atoms with Gasteiger partial charge in [-0.1, -0.05) is 0 Å². The first kappa shape index (κ1) is 19.4. The lowest BCUT2D eigenvalue weighted by atomic mass is 9.99. The Morgan fingerprint density at radius 2 is 2.03 bits per heavy atom. The summed E-state index contributed by atoms with van der Waals surface area (Å²) in [5, 5.41) is 10.9. The zero-order valence-corrected chi connectivity index (χ0v) is 17.1. The monoisotopic (exact) mass is 400 g/mol. The van der Waals surface area contributed by atoms with Gasteiger partial charge in [0.15, 0.2) is 0 Å². The van der Waals surface area contributed by atoms with Gasteiger partial charge in [0.05, 0.1) is 18.8 Å². The Bertz CT molecular complexity index is 988. The third-order valence-corrected chi connectivity index (χ3v) is 5.80. The molecule has 29 heavy (non-hydrogen) atoms. The lowest BCUT2D eigenvalue weighted by Crippen LogP contribution is -2.45. The van der Waals surface area contributed by atoms with E-state index in [1.165, 1.54) is 6.07 Å². The molecule has 0 saturated carbocycles. The number of hydrogen-bond donors (Lipinski definition) is 1. The fraction of sp³-hybridized carbons (Fsp3) is 0.450. The topological polar surface area (TPSA) is 73.7 Å². The van der Waals surface area contributed by atoms with Crippen LogP contribution in [0.2, 0.25) is 0 Å². The van der Waals surface area contributed by atoms with Crippen molar-refractivity contribution in [2.75, 3.05) is 26.0 Å². The van der Waals surface area contributed by atoms with Gasteiger partial charge in [0.2, 0.25) is 0 Å². The zero-order valence-electron chi connectivity index (χ0n) is 17.1. The van der Waals surface area contributed by atoms with E-state index in [9.17, 15) is 14.0 Å². The van der Waals surface area contributed by atoms with E-state index < -0.39 is 0 Å². The fourth-order valence-electron chi connectivity index (χ4n) is 3.88. The number of hydrazine groups is 1. The highest BCUT2D eigenvalue weighted by molar-refractivity contribution is 5.95.